The van der Waals surface area contributed by atoms with Crippen LogP contribution in [0.15, 0.2) is 18.2 Å². The first-order valence-electron chi connectivity index (χ1n) is 5.27. The summed E-state index contributed by atoms with van der Waals surface area (Å²) in [6, 6.07) is 5.30. The van der Waals surface area contributed by atoms with Crippen LogP contribution in [0, 0.1) is 0 Å². The number of carbonyl (C=O) groups is 2. The molecule has 4 nitrogen and oxygen atoms in total. The van der Waals surface area contributed by atoms with Crippen molar-refractivity contribution in [2.75, 3.05) is 5.32 Å². The highest BCUT2D eigenvalue weighted by Crippen LogP contribution is 2.23. The highest BCUT2D eigenvalue weighted by Gasteiger charge is 2.04. The average Bonchev–Trinajstić information content (AvgIpc) is 2.21. The van der Waals surface area contributed by atoms with Gasteiger partial charge in [-0.2, -0.15) is 0 Å². The molecule has 5 heteroatoms. The van der Waals surface area contributed by atoms with E-state index in [1.54, 1.807) is 12.1 Å². The number of nitrogens with one attached hydrogen (secondary N) is 1. The molecule has 1 aromatic rings. The minimum atomic E-state index is -0.800. The van der Waals surface area contributed by atoms with Crippen molar-refractivity contribution in [1.82, 2.24) is 0 Å². The second kappa shape index (κ2) is 6.25. The van der Waals surface area contributed by atoms with Gasteiger partial charge in [0.2, 0.25) is 5.91 Å². The SMILES string of the molecule is CC(=O)Nc1ccc(CCCC(=O)O)cc1Cl. The summed E-state index contributed by atoms with van der Waals surface area (Å²) in [7, 11) is 0. The summed E-state index contributed by atoms with van der Waals surface area (Å²) in [5.41, 5.74) is 1.53. The number of benzene rings is 1. The molecule has 0 aliphatic rings. The minimum Gasteiger partial charge on any atom is -0.481 e. The first-order valence-corrected chi connectivity index (χ1v) is 5.64. The molecule has 0 spiro atoms. The predicted octanol–water partition coefficient (Wildman–Crippen LogP) is 2.71. The Balaban J connectivity index is 2.62. The van der Waals surface area contributed by atoms with Crippen LogP contribution in [-0.2, 0) is 16.0 Å². The van der Waals surface area contributed by atoms with E-state index in [4.69, 9.17) is 16.7 Å². The molecule has 2 N–H and O–H groups in total. The van der Waals surface area contributed by atoms with Crippen LogP contribution in [-0.4, -0.2) is 17.0 Å². The second-order valence-electron chi connectivity index (χ2n) is 3.74. The Kier molecular flexibility index (Phi) is 4.97. The van der Waals surface area contributed by atoms with Gasteiger partial charge in [-0.15, -0.1) is 0 Å². The van der Waals surface area contributed by atoms with Crippen molar-refractivity contribution in [1.29, 1.82) is 0 Å². The lowest BCUT2D eigenvalue weighted by molar-refractivity contribution is -0.137. The molecule has 0 aromatic heterocycles. The molecule has 0 fully saturated rings. The number of aryl methyl sites for hydroxylation is 1. The number of carboxylic acids is 1. The third-order valence-corrected chi connectivity index (χ3v) is 2.51. The number of carboxylic acid groups (broad SMARTS) is 1. The lowest BCUT2D eigenvalue weighted by Crippen LogP contribution is -2.06. The number of rotatable bonds is 5. The average molecular weight is 256 g/mol. The zero-order valence-electron chi connectivity index (χ0n) is 9.50. The van der Waals surface area contributed by atoms with Gasteiger partial charge in [-0.25, -0.2) is 0 Å². The number of amides is 1. The quantitative estimate of drug-likeness (QED) is 0.850. The monoisotopic (exact) mass is 255 g/mol. The fourth-order valence-corrected chi connectivity index (χ4v) is 1.70. The van der Waals surface area contributed by atoms with Gasteiger partial charge in [0.05, 0.1) is 10.7 Å². The van der Waals surface area contributed by atoms with Crippen LogP contribution in [0.25, 0.3) is 0 Å². The van der Waals surface area contributed by atoms with E-state index in [0.717, 1.165) is 5.56 Å². The largest absolute Gasteiger partial charge is 0.481 e. The molecule has 92 valence electrons. The van der Waals surface area contributed by atoms with E-state index in [9.17, 15) is 9.59 Å². The molecule has 0 saturated carbocycles. The summed E-state index contributed by atoms with van der Waals surface area (Å²) in [4.78, 5) is 21.2. The molecule has 1 rings (SSSR count). The molecule has 0 aliphatic carbocycles. The molecular weight excluding hydrogens is 242 g/mol. The zero-order valence-corrected chi connectivity index (χ0v) is 10.3. The van der Waals surface area contributed by atoms with Gasteiger partial charge < -0.3 is 10.4 Å². The van der Waals surface area contributed by atoms with E-state index in [0.29, 0.717) is 23.6 Å². The molecular formula is C12H14ClNO3. The maximum atomic E-state index is 10.9. The van der Waals surface area contributed by atoms with Gasteiger partial charge in [-0.3, -0.25) is 9.59 Å². The van der Waals surface area contributed by atoms with Gasteiger partial charge in [0, 0.05) is 13.3 Å². The predicted molar refractivity (Wildman–Crippen MR) is 66.3 cm³/mol. The lowest BCUT2D eigenvalue weighted by atomic mass is 10.1. The maximum absolute atomic E-state index is 10.9. The normalized spacial score (nSPS) is 10.0. The molecule has 0 aliphatic heterocycles. The van der Waals surface area contributed by atoms with Gasteiger partial charge in [0.15, 0.2) is 0 Å². The minimum absolute atomic E-state index is 0.144. The third kappa shape index (κ3) is 4.87. The Morgan fingerprint density at radius 1 is 1.41 bits per heavy atom. The van der Waals surface area contributed by atoms with E-state index in [1.807, 2.05) is 6.07 Å². The Bertz CT molecular complexity index is 432. The van der Waals surface area contributed by atoms with Crippen molar-refractivity contribution in [3.8, 4) is 0 Å². The fraction of sp³-hybridized carbons (Fsp3) is 0.333. The first-order chi connectivity index (χ1) is 7.99. The molecule has 1 aromatic carbocycles. The van der Waals surface area contributed by atoms with Gasteiger partial charge in [-0.05, 0) is 30.5 Å². The van der Waals surface area contributed by atoms with Crippen molar-refractivity contribution < 1.29 is 14.7 Å². The second-order valence-corrected chi connectivity index (χ2v) is 4.15. The van der Waals surface area contributed by atoms with Crippen LogP contribution in [0.2, 0.25) is 5.02 Å². The van der Waals surface area contributed by atoms with Crippen LogP contribution in [0.4, 0.5) is 5.69 Å². The van der Waals surface area contributed by atoms with Crippen LogP contribution in [0.5, 0.6) is 0 Å². The molecule has 0 radical (unpaired) electrons. The fourth-order valence-electron chi connectivity index (χ4n) is 1.45. The Morgan fingerprint density at radius 2 is 2.12 bits per heavy atom. The molecule has 0 heterocycles. The van der Waals surface area contributed by atoms with Crippen molar-refractivity contribution in [3.05, 3.63) is 28.8 Å². The first kappa shape index (κ1) is 13.5. The topological polar surface area (TPSA) is 66.4 Å². The Morgan fingerprint density at radius 3 is 2.65 bits per heavy atom. The van der Waals surface area contributed by atoms with Gasteiger partial charge in [-0.1, -0.05) is 17.7 Å². The van der Waals surface area contributed by atoms with Crippen molar-refractivity contribution in [2.24, 2.45) is 0 Å². The zero-order chi connectivity index (χ0) is 12.8. The lowest BCUT2D eigenvalue weighted by Gasteiger charge is -2.07. The number of halogens is 1. The highest BCUT2D eigenvalue weighted by atomic mass is 35.5. The van der Waals surface area contributed by atoms with E-state index in [-0.39, 0.29) is 12.3 Å². The summed E-state index contributed by atoms with van der Waals surface area (Å²) in [5, 5.41) is 11.6. The molecule has 0 bridgehead atoms. The number of carbonyl (C=O) groups excluding carboxylic acids is 1. The van der Waals surface area contributed by atoms with Crippen LogP contribution < -0.4 is 5.32 Å². The van der Waals surface area contributed by atoms with E-state index in [2.05, 4.69) is 5.32 Å². The Labute approximate surface area is 105 Å². The summed E-state index contributed by atoms with van der Waals surface area (Å²) in [6.07, 6.45) is 1.38. The highest BCUT2D eigenvalue weighted by molar-refractivity contribution is 6.33. The summed E-state index contributed by atoms with van der Waals surface area (Å²) in [6.45, 7) is 1.41. The van der Waals surface area contributed by atoms with E-state index in [1.165, 1.54) is 6.92 Å². The van der Waals surface area contributed by atoms with Gasteiger partial charge in [0.1, 0.15) is 0 Å². The number of hydrogen-bond donors (Lipinski definition) is 2. The molecule has 0 unspecified atom stereocenters. The number of aliphatic carboxylic acids is 1. The van der Waals surface area contributed by atoms with Crippen molar-refractivity contribution in [2.45, 2.75) is 26.2 Å². The maximum Gasteiger partial charge on any atom is 0.303 e. The summed E-state index contributed by atoms with van der Waals surface area (Å²) < 4.78 is 0. The van der Waals surface area contributed by atoms with E-state index >= 15 is 0 Å². The molecule has 0 atom stereocenters. The van der Waals surface area contributed by atoms with Crippen molar-refractivity contribution in [3.63, 3.8) is 0 Å². The smallest absolute Gasteiger partial charge is 0.303 e. The van der Waals surface area contributed by atoms with E-state index < -0.39 is 5.97 Å². The number of hydrogen-bond acceptors (Lipinski definition) is 2. The van der Waals surface area contributed by atoms with Crippen LogP contribution in [0.1, 0.15) is 25.3 Å². The standard InChI is InChI=1S/C12H14ClNO3/c1-8(15)14-11-6-5-9(7-10(11)13)3-2-4-12(16)17/h5-7H,2-4H2,1H3,(H,14,15)(H,16,17). The Hall–Kier alpha value is -1.55. The van der Waals surface area contributed by atoms with Crippen molar-refractivity contribution >= 4 is 29.2 Å². The molecule has 17 heavy (non-hydrogen) atoms. The van der Waals surface area contributed by atoms with Crippen LogP contribution in [0.3, 0.4) is 0 Å². The number of anilines is 1. The molecule has 0 saturated heterocycles. The third-order valence-electron chi connectivity index (χ3n) is 2.20. The van der Waals surface area contributed by atoms with Gasteiger partial charge >= 0.3 is 5.97 Å². The summed E-state index contributed by atoms with van der Waals surface area (Å²) >= 11 is 5.98. The van der Waals surface area contributed by atoms with Gasteiger partial charge in [0.25, 0.3) is 0 Å². The molecule has 1 amide bonds. The summed E-state index contributed by atoms with van der Waals surface area (Å²) in [5.74, 6) is -0.975. The van der Waals surface area contributed by atoms with Crippen LogP contribution >= 0.6 is 11.6 Å².